The normalized spacial score (nSPS) is 21.7. The van der Waals surface area contributed by atoms with Gasteiger partial charge in [0.2, 0.25) is 0 Å². The van der Waals surface area contributed by atoms with Crippen LogP contribution in [0.5, 0.6) is 5.75 Å². The number of nitrogens with two attached hydrogens (primary N) is 2. The second-order valence-corrected chi connectivity index (χ2v) is 5.49. The maximum atomic E-state index is 11.3. The summed E-state index contributed by atoms with van der Waals surface area (Å²) in [5, 5.41) is 2.81. The Bertz CT molecular complexity index is 506. The monoisotopic (exact) mass is 261 g/mol. The van der Waals surface area contributed by atoms with Crippen LogP contribution in [0.3, 0.4) is 0 Å². The van der Waals surface area contributed by atoms with Crippen molar-refractivity contribution >= 4 is 11.6 Å². The van der Waals surface area contributed by atoms with Crippen LogP contribution in [0, 0.1) is 5.41 Å². The molecule has 3 rings (SSSR count). The maximum absolute atomic E-state index is 11.3. The number of nitrogens with one attached hydrogen (secondary N) is 1. The lowest BCUT2D eigenvalue weighted by atomic mass is 9.62. The molecule has 1 aliphatic carbocycles. The first-order chi connectivity index (χ1) is 9.14. The van der Waals surface area contributed by atoms with Crippen molar-refractivity contribution in [1.82, 2.24) is 0 Å². The lowest BCUT2D eigenvalue weighted by molar-refractivity contribution is -0.118. The van der Waals surface area contributed by atoms with E-state index in [9.17, 15) is 4.79 Å². The third-order valence-electron chi connectivity index (χ3n) is 4.41. The average Bonchev–Trinajstić information content (AvgIpc) is 2.37. The number of carbonyl (C=O) groups is 1. The standard InChI is InChI=1S/C14H19N3O2/c15-8-14(4-1-5-14)13(16)9-2-3-11-10(6-9)17-12(18)7-19-11/h2-3,6,13H,1,4-5,7-8,15-16H2,(H,17,18). The summed E-state index contributed by atoms with van der Waals surface area (Å²) in [4.78, 5) is 11.3. The number of amides is 1. The Balaban J connectivity index is 1.89. The van der Waals surface area contributed by atoms with Crippen LogP contribution in [0.2, 0.25) is 0 Å². The number of hydrogen-bond acceptors (Lipinski definition) is 4. The van der Waals surface area contributed by atoms with Crippen molar-refractivity contribution in [3.05, 3.63) is 23.8 Å². The lowest BCUT2D eigenvalue weighted by Crippen LogP contribution is -2.46. The fourth-order valence-corrected chi connectivity index (χ4v) is 2.92. The molecule has 0 saturated heterocycles. The average molecular weight is 261 g/mol. The molecular weight excluding hydrogens is 242 g/mol. The van der Waals surface area contributed by atoms with Crippen LogP contribution in [0.15, 0.2) is 18.2 Å². The van der Waals surface area contributed by atoms with Crippen molar-refractivity contribution in [2.75, 3.05) is 18.5 Å². The highest BCUT2D eigenvalue weighted by Gasteiger charge is 2.42. The van der Waals surface area contributed by atoms with Gasteiger partial charge in [0.05, 0.1) is 5.69 Å². The first kappa shape index (κ1) is 12.4. The highest BCUT2D eigenvalue weighted by atomic mass is 16.5. The van der Waals surface area contributed by atoms with Crippen LogP contribution in [0.1, 0.15) is 30.9 Å². The summed E-state index contributed by atoms with van der Waals surface area (Å²) in [6.07, 6.45) is 3.34. The van der Waals surface area contributed by atoms with Crippen molar-refractivity contribution in [2.24, 2.45) is 16.9 Å². The van der Waals surface area contributed by atoms with Gasteiger partial charge in [-0.15, -0.1) is 0 Å². The van der Waals surface area contributed by atoms with Crippen LogP contribution >= 0.6 is 0 Å². The second-order valence-electron chi connectivity index (χ2n) is 5.49. The molecule has 1 aliphatic heterocycles. The summed E-state index contributed by atoms with van der Waals surface area (Å²) in [6, 6.07) is 5.66. The molecule has 1 aromatic carbocycles. The summed E-state index contributed by atoms with van der Waals surface area (Å²) >= 11 is 0. The van der Waals surface area contributed by atoms with E-state index in [1.54, 1.807) is 0 Å². The zero-order chi connectivity index (χ0) is 13.5. The number of fused-ring (bicyclic) bond motifs is 1. The fourth-order valence-electron chi connectivity index (χ4n) is 2.92. The van der Waals surface area contributed by atoms with E-state index in [1.807, 2.05) is 18.2 Å². The van der Waals surface area contributed by atoms with E-state index in [1.165, 1.54) is 6.42 Å². The van der Waals surface area contributed by atoms with E-state index >= 15 is 0 Å². The first-order valence-corrected chi connectivity index (χ1v) is 6.67. The van der Waals surface area contributed by atoms with E-state index in [-0.39, 0.29) is 24.0 Å². The molecule has 5 N–H and O–H groups in total. The van der Waals surface area contributed by atoms with Crippen molar-refractivity contribution in [3.63, 3.8) is 0 Å². The van der Waals surface area contributed by atoms with Crippen molar-refractivity contribution < 1.29 is 9.53 Å². The van der Waals surface area contributed by atoms with Gasteiger partial charge in [-0.05, 0) is 37.1 Å². The number of hydrogen-bond donors (Lipinski definition) is 3. The van der Waals surface area contributed by atoms with Gasteiger partial charge in [0.25, 0.3) is 5.91 Å². The predicted octanol–water partition coefficient (Wildman–Crippen LogP) is 1.15. The SMILES string of the molecule is NCC1(C(N)c2ccc3c(c2)NC(=O)CO3)CCC1. The minimum Gasteiger partial charge on any atom is -0.482 e. The zero-order valence-electron chi connectivity index (χ0n) is 10.8. The molecule has 2 aliphatic rings. The molecule has 1 amide bonds. The summed E-state index contributed by atoms with van der Waals surface area (Å²) in [5.74, 6) is 0.571. The molecule has 0 spiro atoms. The zero-order valence-corrected chi connectivity index (χ0v) is 10.8. The number of anilines is 1. The molecule has 1 atom stereocenters. The number of carbonyl (C=O) groups excluding carboxylic acids is 1. The van der Waals surface area contributed by atoms with Gasteiger partial charge in [-0.25, -0.2) is 0 Å². The van der Waals surface area contributed by atoms with E-state index < -0.39 is 0 Å². The topological polar surface area (TPSA) is 90.4 Å². The molecule has 19 heavy (non-hydrogen) atoms. The van der Waals surface area contributed by atoms with E-state index in [0.29, 0.717) is 18.0 Å². The molecule has 1 saturated carbocycles. The van der Waals surface area contributed by atoms with Crippen LogP contribution in [-0.2, 0) is 4.79 Å². The Kier molecular flexibility index (Phi) is 2.95. The predicted molar refractivity (Wildman–Crippen MR) is 72.8 cm³/mol. The summed E-state index contributed by atoms with van der Waals surface area (Å²) in [5.41, 5.74) is 14.0. The van der Waals surface area contributed by atoms with Gasteiger partial charge in [-0.3, -0.25) is 4.79 Å². The van der Waals surface area contributed by atoms with E-state index in [0.717, 1.165) is 18.4 Å². The molecule has 1 fully saturated rings. The van der Waals surface area contributed by atoms with Crippen molar-refractivity contribution in [3.8, 4) is 5.75 Å². The van der Waals surface area contributed by atoms with Gasteiger partial charge in [0.15, 0.2) is 6.61 Å². The largest absolute Gasteiger partial charge is 0.482 e. The van der Waals surface area contributed by atoms with Gasteiger partial charge >= 0.3 is 0 Å². The Morgan fingerprint density at radius 2 is 2.21 bits per heavy atom. The fraction of sp³-hybridized carbons (Fsp3) is 0.500. The molecule has 0 radical (unpaired) electrons. The third kappa shape index (κ3) is 1.99. The Morgan fingerprint density at radius 3 is 2.84 bits per heavy atom. The van der Waals surface area contributed by atoms with Crippen LogP contribution < -0.4 is 21.5 Å². The number of ether oxygens (including phenoxy) is 1. The lowest BCUT2D eigenvalue weighted by Gasteiger charge is -2.46. The highest BCUT2D eigenvalue weighted by Crippen LogP contribution is 2.49. The maximum Gasteiger partial charge on any atom is 0.262 e. The van der Waals surface area contributed by atoms with Gasteiger partial charge in [0, 0.05) is 11.5 Å². The van der Waals surface area contributed by atoms with Crippen molar-refractivity contribution in [2.45, 2.75) is 25.3 Å². The van der Waals surface area contributed by atoms with Gasteiger partial charge < -0.3 is 21.5 Å². The van der Waals surface area contributed by atoms with Crippen molar-refractivity contribution in [1.29, 1.82) is 0 Å². The van der Waals surface area contributed by atoms with Crippen LogP contribution in [-0.4, -0.2) is 19.1 Å². The Hall–Kier alpha value is -1.59. The minimum absolute atomic E-state index is 0.0216. The molecule has 5 nitrogen and oxygen atoms in total. The van der Waals surface area contributed by atoms with Gasteiger partial charge in [-0.2, -0.15) is 0 Å². The molecule has 102 valence electrons. The summed E-state index contributed by atoms with van der Waals surface area (Å²) < 4.78 is 5.35. The van der Waals surface area contributed by atoms with E-state index in [2.05, 4.69) is 5.32 Å². The molecule has 5 heteroatoms. The third-order valence-corrected chi connectivity index (χ3v) is 4.41. The Morgan fingerprint density at radius 1 is 1.42 bits per heavy atom. The van der Waals surface area contributed by atoms with Crippen LogP contribution in [0.4, 0.5) is 5.69 Å². The summed E-state index contributed by atoms with van der Waals surface area (Å²) in [7, 11) is 0. The molecule has 0 bridgehead atoms. The van der Waals surface area contributed by atoms with E-state index in [4.69, 9.17) is 16.2 Å². The highest BCUT2D eigenvalue weighted by molar-refractivity contribution is 5.95. The minimum atomic E-state index is -0.129. The summed E-state index contributed by atoms with van der Waals surface area (Å²) in [6.45, 7) is 0.680. The number of rotatable bonds is 3. The molecule has 0 aromatic heterocycles. The second kappa shape index (κ2) is 4.51. The molecule has 1 aromatic rings. The van der Waals surface area contributed by atoms with Crippen LogP contribution in [0.25, 0.3) is 0 Å². The first-order valence-electron chi connectivity index (χ1n) is 6.67. The number of benzene rings is 1. The smallest absolute Gasteiger partial charge is 0.262 e. The quantitative estimate of drug-likeness (QED) is 0.761. The molecule has 1 heterocycles. The molecular formula is C14H19N3O2. The Labute approximate surface area is 112 Å². The van der Waals surface area contributed by atoms with Gasteiger partial charge in [0.1, 0.15) is 5.75 Å². The molecule has 1 unspecified atom stereocenters. The van der Waals surface area contributed by atoms with Gasteiger partial charge in [-0.1, -0.05) is 12.5 Å².